The van der Waals surface area contributed by atoms with Crippen LogP contribution in [-0.4, -0.2) is 35.6 Å². The number of hydrogen-bond acceptors (Lipinski definition) is 4. The van der Waals surface area contributed by atoms with Gasteiger partial charge in [-0.15, -0.1) is 0 Å². The first-order chi connectivity index (χ1) is 21.0. The molecule has 45 heavy (non-hydrogen) atoms. The first kappa shape index (κ1) is 34.5. The maximum atomic E-state index is 14.2. The lowest BCUT2D eigenvalue weighted by Gasteiger charge is -2.71. The second-order valence-corrected chi connectivity index (χ2v) is 18.0. The first-order valence-electron chi connectivity index (χ1n) is 18.4. The lowest BCUT2D eigenvalue weighted by Crippen LogP contribution is -2.65. The minimum Gasteiger partial charge on any atom is -0.481 e. The molecule has 0 saturated heterocycles. The zero-order valence-corrected chi connectivity index (χ0v) is 29.8. The number of allylic oxidation sites excluding steroid dienone is 2. The molecule has 1 amide bonds. The largest absolute Gasteiger partial charge is 0.481 e. The molecule has 5 aliphatic carbocycles. The number of carboxylic acids is 1. The van der Waals surface area contributed by atoms with Crippen LogP contribution in [-0.2, 0) is 19.1 Å². The molecule has 254 valence electrons. The van der Waals surface area contributed by atoms with Gasteiger partial charge in [0.2, 0.25) is 5.91 Å². The van der Waals surface area contributed by atoms with E-state index in [0.717, 1.165) is 64.2 Å². The fourth-order valence-corrected chi connectivity index (χ4v) is 12.0. The summed E-state index contributed by atoms with van der Waals surface area (Å²) in [4.78, 5) is 37.5. The molecule has 0 aromatic heterocycles. The summed E-state index contributed by atoms with van der Waals surface area (Å²) in [6.45, 7) is 19.8. The number of carbonyl (C=O) groups is 3. The van der Waals surface area contributed by atoms with E-state index in [0.29, 0.717) is 31.2 Å². The Bertz CT molecular complexity index is 1200. The lowest BCUT2D eigenvalue weighted by molar-refractivity contribution is -0.212. The molecule has 6 nitrogen and oxygen atoms in total. The van der Waals surface area contributed by atoms with Crippen molar-refractivity contribution in [3.63, 3.8) is 0 Å². The van der Waals surface area contributed by atoms with E-state index in [1.54, 1.807) is 5.57 Å². The van der Waals surface area contributed by atoms with E-state index < -0.39 is 5.97 Å². The third kappa shape index (κ3) is 5.60. The van der Waals surface area contributed by atoms with Gasteiger partial charge in [-0.25, -0.2) is 0 Å². The van der Waals surface area contributed by atoms with Gasteiger partial charge in [0.15, 0.2) is 0 Å². The van der Waals surface area contributed by atoms with Gasteiger partial charge < -0.3 is 15.2 Å². The summed E-state index contributed by atoms with van der Waals surface area (Å²) in [5.41, 5.74) is 1.83. The molecular weight excluding hydrogens is 562 g/mol. The van der Waals surface area contributed by atoms with Crippen molar-refractivity contribution in [1.82, 2.24) is 5.32 Å². The molecule has 0 bridgehead atoms. The minimum atomic E-state index is -0.746. The number of carbonyl (C=O) groups excluding carboxylic acids is 2. The molecule has 5 rings (SSSR count). The summed E-state index contributed by atoms with van der Waals surface area (Å²) in [5.74, 6) is 0.790. The molecule has 8 atom stereocenters. The Hall–Kier alpha value is -1.85. The molecule has 4 saturated carbocycles. The zero-order valence-electron chi connectivity index (χ0n) is 29.8. The van der Waals surface area contributed by atoms with Crippen molar-refractivity contribution in [2.45, 2.75) is 158 Å². The van der Waals surface area contributed by atoms with Gasteiger partial charge in [0.1, 0.15) is 6.10 Å². The van der Waals surface area contributed by atoms with E-state index in [4.69, 9.17) is 9.84 Å². The molecule has 0 radical (unpaired) electrons. The van der Waals surface area contributed by atoms with E-state index in [1.165, 1.54) is 12.8 Å². The number of rotatable bonds is 9. The van der Waals surface area contributed by atoms with Gasteiger partial charge in [-0.1, -0.05) is 73.5 Å². The van der Waals surface area contributed by atoms with Crippen LogP contribution in [0.3, 0.4) is 0 Å². The van der Waals surface area contributed by atoms with Crippen LogP contribution in [0.1, 0.15) is 152 Å². The number of ether oxygens (including phenoxy) is 1. The van der Waals surface area contributed by atoms with Crippen molar-refractivity contribution in [2.24, 2.45) is 50.2 Å². The molecule has 6 heteroatoms. The number of hydrogen-bond donors (Lipinski definition) is 2. The summed E-state index contributed by atoms with van der Waals surface area (Å²) in [5, 5.41) is 12.3. The molecule has 0 heterocycles. The highest BCUT2D eigenvalue weighted by Crippen LogP contribution is 2.75. The maximum Gasteiger partial charge on any atom is 0.305 e. The van der Waals surface area contributed by atoms with Crippen LogP contribution in [0.25, 0.3) is 0 Å². The molecule has 3 unspecified atom stereocenters. The number of fused-ring (bicyclic) bond motifs is 7. The second kappa shape index (κ2) is 12.0. The Balaban J connectivity index is 1.42. The van der Waals surface area contributed by atoms with Crippen LogP contribution in [0.4, 0.5) is 0 Å². The highest BCUT2D eigenvalue weighted by molar-refractivity contribution is 5.84. The fraction of sp³-hybridized carbons (Fsp3) is 0.872. The normalized spacial score (nSPS) is 41.3. The lowest BCUT2D eigenvalue weighted by atomic mass is 9.33. The smallest absolute Gasteiger partial charge is 0.305 e. The highest BCUT2D eigenvalue weighted by atomic mass is 16.5. The Kier molecular flexibility index (Phi) is 9.19. The first-order valence-corrected chi connectivity index (χ1v) is 18.4. The monoisotopic (exact) mass is 625 g/mol. The van der Waals surface area contributed by atoms with Crippen molar-refractivity contribution >= 4 is 17.8 Å². The predicted molar refractivity (Wildman–Crippen MR) is 178 cm³/mol. The van der Waals surface area contributed by atoms with Crippen LogP contribution in [0.5, 0.6) is 0 Å². The van der Waals surface area contributed by atoms with Crippen molar-refractivity contribution < 1.29 is 24.2 Å². The van der Waals surface area contributed by atoms with E-state index in [2.05, 4.69) is 59.9 Å². The van der Waals surface area contributed by atoms with Crippen LogP contribution >= 0.6 is 0 Å². The van der Waals surface area contributed by atoms with Crippen LogP contribution in [0.15, 0.2) is 11.6 Å². The number of unbranched alkanes of at least 4 members (excludes halogenated alkanes) is 2. The molecule has 0 aromatic rings. The third-order valence-corrected chi connectivity index (χ3v) is 14.9. The highest BCUT2D eigenvalue weighted by Gasteiger charge is 2.69. The van der Waals surface area contributed by atoms with Crippen molar-refractivity contribution in [3.05, 3.63) is 11.6 Å². The molecule has 4 fully saturated rings. The topological polar surface area (TPSA) is 92.7 Å². The van der Waals surface area contributed by atoms with Gasteiger partial charge in [0.05, 0.1) is 5.41 Å². The SMILES string of the molecule is CCC(=O)O[C@H]1CC[C@@]2(C)C(CC[C@]3(C)C2CC=C2C4CC(C)(C)CC[C@]4(C(=O)NCCCCCC(=O)O)CC[C@]23C)C1(C)C. The van der Waals surface area contributed by atoms with Gasteiger partial charge in [0, 0.05) is 24.8 Å². The predicted octanol–water partition coefficient (Wildman–Crippen LogP) is 8.87. The number of amides is 1. The maximum absolute atomic E-state index is 14.2. The summed E-state index contributed by atoms with van der Waals surface area (Å²) >= 11 is 0. The van der Waals surface area contributed by atoms with Gasteiger partial charge in [-0.2, -0.15) is 0 Å². The summed E-state index contributed by atoms with van der Waals surface area (Å²) in [6, 6.07) is 0. The molecule has 0 aromatic carbocycles. The average molecular weight is 626 g/mol. The number of nitrogens with one attached hydrogen (secondary N) is 1. The quantitative estimate of drug-likeness (QED) is 0.152. The van der Waals surface area contributed by atoms with Crippen molar-refractivity contribution in [3.8, 4) is 0 Å². The van der Waals surface area contributed by atoms with Crippen LogP contribution in [0.2, 0.25) is 0 Å². The van der Waals surface area contributed by atoms with Gasteiger partial charge in [0.25, 0.3) is 0 Å². The van der Waals surface area contributed by atoms with Crippen molar-refractivity contribution in [1.29, 1.82) is 0 Å². The third-order valence-electron chi connectivity index (χ3n) is 14.9. The molecular formula is C39H63NO5. The second-order valence-electron chi connectivity index (χ2n) is 18.0. The minimum absolute atomic E-state index is 0.00638. The molecule has 0 aliphatic heterocycles. The summed E-state index contributed by atoms with van der Waals surface area (Å²) < 4.78 is 6.07. The van der Waals surface area contributed by atoms with Gasteiger partial charge in [-0.3, -0.25) is 14.4 Å². The molecule has 5 aliphatic rings. The van der Waals surface area contributed by atoms with E-state index in [1.807, 2.05) is 6.92 Å². The molecule has 2 N–H and O–H groups in total. The Morgan fingerprint density at radius 3 is 2.29 bits per heavy atom. The molecule has 0 spiro atoms. The fourth-order valence-electron chi connectivity index (χ4n) is 12.0. The summed E-state index contributed by atoms with van der Waals surface area (Å²) in [6.07, 6.45) is 16.2. The Morgan fingerprint density at radius 2 is 1.60 bits per heavy atom. The van der Waals surface area contributed by atoms with E-state index >= 15 is 0 Å². The Morgan fingerprint density at radius 1 is 0.889 bits per heavy atom. The zero-order chi connectivity index (χ0) is 33.1. The number of carboxylic acid groups (broad SMARTS) is 1. The average Bonchev–Trinajstić information content (AvgIpc) is 2.96. The van der Waals surface area contributed by atoms with E-state index in [9.17, 15) is 14.4 Å². The van der Waals surface area contributed by atoms with Gasteiger partial charge >= 0.3 is 11.9 Å². The number of esters is 1. The Labute approximate surface area is 273 Å². The van der Waals surface area contributed by atoms with Gasteiger partial charge in [-0.05, 0) is 116 Å². The van der Waals surface area contributed by atoms with Crippen LogP contribution < -0.4 is 5.32 Å². The van der Waals surface area contributed by atoms with Crippen molar-refractivity contribution in [2.75, 3.05) is 6.54 Å². The summed E-state index contributed by atoms with van der Waals surface area (Å²) in [7, 11) is 0. The van der Waals surface area contributed by atoms with E-state index in [-0.39, 0.29) is 62.8 Å². The standard InChI is InChI=1S/C39H63NO5/c1-9-32(43)45-30-17-18-36(6)28(35(30,4)5)16-19-38(8)29(36)15-14-26-27-25-34(2,3)20-22-39(27,23-21-37(26,38)7)33(44)40-24-12-10-11-13-31(41)42/h14,27-30H,9-13,15-25H2,1-8H3,(H,40,44)(H,41,42)/t27?,28?,29?,30-,36-,37+,38+,39-/m0/s1. The number of aliphatic carboxylic acids is 1. The van der Waals surface area contributed by atoms with Crippen LogP contribution in [0, 0.1) is 50.2 Å².